The molecule has 23 heteroatoms. The number of hydrogen-bond acceptors (Lipinski definition) is 14. The molecule has 0 radical (unpaired) electrons. The Morgan fingerprint density at radius 3 is 1.70 bits per heavy atom. The smallest absolute Gasteiger partial charge is 0.326 e. The van der Waals surface area contributed by atoms with E-state index in [0.717, 1.165) is 0 Å². The first-order valence-corrected chi connectivity index (χ1v) is 17.6. The minimum Gasteiger partial charge on any atom is -0.480 e. The monoisotopic (exact) mass is 825 g/mol. The predicted molar refractivity (Wildman–Crippen MR) is 186 cm³/mol. The SMILES string of the molecule is O=C(O)CN1/C=C\N(C(CCC(=O)NCCOCCOCCOCCC(=O)Oc2c(F)c(F)cc(F)c2F)C(=O)O)CCN(CC(=O)O)CCN(CC(=O)O)CC1. The van der Waals surface area contributed by atoms with Gasteiger partial charge in [0, 0.05) is 70.7 Å². The molecule has 2 rings (SSSR count). The first-order chi connectivity index (χ1) is 27.1. The number of amides is 1. The summed E-state index contributed by atoms with van der Waals surface area (Å²) in [7, 11) is 0. The summed E-state index contributed by atoms with van der Waals surface area (Å²) in [6, 6.07) is -1.27. The lowest BCUT2D eigenvalue weighted by atomic mass is 10.1. The summed E-state index contributed by atoms with van der Waals surface area (Å²) in [6.45, 7) is -0.373. The summed E-state index contributed by atoms with van der Waals surface area (Å²) >= 11 is 0. The van der Waals surface area contributed by atoms with E-state index in [9.17, 15) is 66.8 Å². The van der Waals surface area contributed by atoms with Crippen LogP contribution in [0.15, 0.2) is 18.5 Å². The standard InChI is InChI=1S/C34H47F4N5O14/c35-23-19-24(36)32(38)33(31(23)37)57-30(51)3-13-54-15-17-56-18-16-55-14-4-39-26(44)2-1-25(34(52)53)43-11-9-41(21-28(47)48)7-5-40(20-27(45)46)6-8-42(10-12-43)22-29(49)50/h9,11,19,25H,1-8,10,12-18,20-22H2,(H,39,44)(H,45,46)(H,47,48)(H,49,50)(H,52,53)/b11-9-. The number of hydrogen-bond donors (Lipinski definition) is 5. The van der Waals surface area contributed by atoms with E-state index in [1.165, 1.54) is 27.1 Å². The molecular formula is C34H47F4N5O14. The fraction of sp³-hybridized carbons (Fsp3) is 0.588. The molecule has 1 aliphatic heterocycles. The average molecular weight is 826 g/mol. The van der Waals surface area contributed by atoms with Crippen molar-refractivity contribution in [1.82, 2.24) is 24.9 Å². The number of ether oxygens (including phenoxy) is 4. The number of rotatable bonds is 24. The third-order valence-electron chi connectivity index (χ3n) is 8.02. The van der Waals surface area contributed by atoms with Crippen molar-refractivity contribution in [1.29, 1.82) is 0 Å². The van der Waals surface area contributed by atoms with Gasteiger partial charge in [-0.2, -0.15) is 8.78 Å². The van der Waals surface area contributed by atoms with Gasteiger partial charge >= 0.3 is 29.8 Å². The maximum Gasteiger partial charge on any atom is 0.326 e. The number of carboxylic acid groups (broad SMARTS) is 4. The largest absolute Gasteiger partial charge is 0.480 e. The average Bonchev–Trinajstić information content (AvgIpc) is 3.13. The zero-order chi connectivity index (χ0) is 42.3. The second-order valence-electron chi connectivity index (χ2n) is 12.3. The molecule has 320 valence electrons. The van der Waals surface area contributed by atoms with E-state index in [0.29, 0.717) is 0 Å². The van der Waals surface area contributed by atoms with Crippen LogP contribution in [0.1, 0.15) is 19.3 Å². The second-order valence-corrected chi connectivity index (χ2v) is 12.3. The summed E-state index contributed by atoms with van der Waals surface area (Å²) in [5.41, 5.74) is 0. The van der Waals surface area contributed by atoms with Gasteiger partial charge in [0.05, 0.1) is 59.2 Å². The molecule has 0 fully saturated rings. The quantitative estimate of drug-likeness (QED) is 0.0300. The van der Waals surface area contributed by atoms with Crippen molar-refractivity contribution in [3.8, 4) is 5.75 Å². The molecule has 0 aliphatic carbocycles. The van der Waals surface area contributed by atoms with Gasteiger partial charge in [-0.15, -0.1) is 0 Å². The summed E-state index contributed by atoms with van der Waals surface area (Å²) in [6.07, 6.45) is 1.90. The number of carbonyl (C=O) groups is 6. The van der Waals surface area contributed by atoms with Crippen LogP contribution in [-0.2, 0) is 43.0 Å². The van der Waals surface area contributed by atoms with Crippen LogP contribution >= 0.6 is 0 Å². The Labute approximate surface area is 324 Å². The predicted octanol–water partition coefficient (Wildman–Crippen LogP) is -0.115. The highest BCUT2D eigenvalue weighted by Crippen LogP contribution is 2.26. The van der Waals surface area contributed by atoms with E-state index in [1.807, 2.05) is 0 Å². The lowest BCUT2D eigenvalue weighted by Crippen LogP contribution is -2.47. The van der Waals surface area contributed by atoms with E-state index in [-0.39, 0.29) is 111 Å². The Balaban J connectivity index is 1.75. The molecule has 0 aromatic heterocycles. The van der Waals surface area contributed by atoms with Crippen LogP contribution in [-0.4, -0.2) is 187 Å². The minimum atomic E-state index is -1.85. The maximum absolute atomic E-state index is 13.6. The number of carboxylic acids is 4. The van der Waals surface area contributed by atoms with Gasteiger partial charge in [0.2, 0.25) is 23.3 Å². The van der Waals surface area contributed by atoms with E-state index >= 15 is 0 Å². The van der Waals surface area contributed by atoms with Gasteiger partial charge in [-0.25, -0.2) is 13.6 Å². The highest BCUT2D eigenvalue weighted by atomic mass is 19.2. The third kappa shape index (κ3) is 19.6. The zero-order valence-electron chi connectivity index (χ0n) is 30.9. The highest BCUT2D eigenvalue weighted by Gasteiger charge is 2.27. The van der Waals surface area contributed by atoms with Gasteiger partial charge in [-0.05, 0) is 6.42 Å². The lowest BCUT2D eigenvalue weighted by Gasteiger charge is -2.33. The van der Waals surface area contributed by atoms with E-state index in [2.05, 4.69) is 10.1 Å². The molecule has 1 aromatic carbocycles. The Morgan fingerprint density at radius 2 is 1.16 bits per heavy atom. The fourth-order valence-electron chi connectivity index (χ4n) is 5.18. The molecule has 0 saturated carbocycles. The topological polar surface area (TPSA) is 245 Å². The van der Waals surface area contributed by atoms with Gasteiger partial charge in [0.1, 0.15) is 12.6 Å². The Hall–Kier alpha value is -5.10. The lowest BCUT2D eigenvalue weighted by molar-refractivity contribution is -0.143. The van der Waals surface area contributed by atoms with Crippen LogP contribution < -0.4 is 10.1 Å². The van der Waals surface area contributed by atoms with Crippen LogP contribution in [0, 0.1) is 23.3 Å². The molecule has 0 saturated heterocycles. The van der Waals surface area contributed by atoms with Crippen LogP contribution in [0.25, 0.3) is 0 Å². The number of carbonyl (C=O) groups excluding carboxylic acids is 2. The number of nitrogens with one attached hydrogen (secondary N) is 1. The summed E-state index contributed by atoms with van der Waals surface area (Å²) < 4.78 is 73.8. The number of benzene rings is 1. The Morgan fingerprint density at radius 1 is 0.649 bits per heavy atom. The highest BCUT2D eigenvalue weighted by molar-refractivity contribution is 5.78. The molecule has 19 nitrogen and oxygen atoms in total. The number of halogens is 4. The van der Waals surface area contributed by atoms with Crippen molar-refractivity contribution >= 4 is 35.8 Å². The van der Waals surface area contributed by atoms with Crippen molar-refractivity contribution in [2.75, 3.05) is 105 Å². The van der Waals surface area contributed by atoms with E-state index < -0.39 is 90.3 Å². The summed E-state index contributed by atoms with van der Waals surface area (Å²) in [5.74, 6) is -15.0. The second kappa shape index (κ2) is 25.9. The first kappa shape index (κ1) is 48.0. The van der Waals surface area contributed by atoms with E-state index in [1.54, 1.807) is 4.90 Å². The Bertz CT molecular complexity index is 1520. The number of esters is 1. The molecule has 0 spiro atoms. The van der Waals surface area contributed by atoms with Crippen LogP contribution in [0.3, 0.4) is 0 Å². The molecule has 1 unspecified atom stereocenters. The van der Waals surface area contributed by atoms with Crippen molar-refractivity contribution in [2.24, 2.45) is 0 Å². The van der Waals surface area contributed by atoms with Crippen LogP contribution in [0.4, 0.5) is 17.6 Å². The molecule has 1 amide bonds. The fourth-order valence-corrected chi connectivity index (χ4v) is 5.18. The third-order valence-corrected chi connectivity index (χ3v) is 8.02. The molecule has 1 heterocycles. The molecular weight excluding hydrogens is 778 g/mol. The van der Waals surface area contributed by atoms with Gasteiger partial charge in [0.15, 0.2) is 11.6 Å². The van der Waals surface area contributed by atoms with Crippen molar-refractivity contribution in [3.05, 3.63) is 41.7 Å². The molecule has 1 aliphatic rings. The van der Waals surface area contributed by atoms with Gasteiger partial charge < -0.3 is 54.5 Å². The summed E-state index contributed by atoms with van der Waals surface area (Å²) in [5, 5.41) is 40.7. The van der Waals surface area contributed by atoms with Crippen LogP contribution in [0.2, 0.25) is 0 Å². The van der Waals surface area contributed by atoms with Crippen LogP contribution in [0.5, 0.6) is 5.75 Å². The maximum atomic E-state index is 13.6. The molecule has 1 atom stereocenters. The van der Waals surface area contributed by atoms with Crippen molar-refractivity contribution in [2.45, 2.75) is 25.3 Å². The van der Waals surface area contributed by atoms with Gasteiger partial charge in [-0.1, -0.05) is 0 Å². The molecule has 5 N–H and O–H groups in total. The summed E-state index contributed by atoms with van der Waals surface area (Å²) in [4.78, 5) is 76.8. The van der Waals surface area contributed by atoms with Gasteiger partial charge in [-0.3, -0.25) is 33.8 Å². The molecule has 57 heavy (non-hydrogen) atoms. The Kier molecular flexibility index (Phi) is 21.9. The minimum absolute atomic E-state index is 0.00916. The normalized spacial score (nSPS) is 15.6. The first-order valence-electron chi connectivity index (χ1n) is 17.6. The number of aliphatic carboxylic acids is 4. The van der Waals surface area contributed by atoms with Gasteiger partial charge in [0.25, 0.3) is 0 Å². The number of nitrogens with zero attached hydrogens (tertiary/aromatic N) is 4. The van der Waals surface area contributed by atoms with Crippen molar-refractivity contribution in [3.63, 3.8) is 0 Å². The van der Waals surface area contributed by atoms with E-state index in [4.69, 9.17) is 14.2 Å². The van der Waals surface area contributed by atoms with Crippen molar-refractivity contribution < 1.29 is 85.7 Å². The molecule has 0 bridgehead atoms. The molecule has 1 aromatic rings. The zero-order valence-corrected chi connectivity index (χ0v) is 30.9.